The van der Waals surface area contributed by atoms with E-state index in [-0.39, 0.29) is 24.7 Å². The van der Waals surface area contributed by atoms with E-state index in [1.807, 2.05) is 0 Å². The van der Waals surface area contributed by atoms with Gasteiger partial charge in [0.15, 0.2) is 0 Å². The second-order valence-electron chi connectivity index (χ2n) is 11.2. The number of rotatable bonds is 6. The van der Waals surface area contributed by atoms with E-state index in [4.69, 9.17) is 0 Å². The second kappa shape index (κ2) is 7.67. The van der Waals surface area contributed by atoms with Gasteiger partial charge in [-0.2, -0.15) is 0 Å². The zero-order valence-corrected chi connectivity index (χ0v) is 19.1. The Kier molecular flexibility index (Phi) is 5.18. The molecule has 32 heavy (non-hydrogen) atoms. The fraction of sp³-hybridized carbons (Fsp3) is 0.654. The van der Waals surface area contributed by atoms with E-state index >= 15 is 0 Å². The van der Waals surface area contributed by atoms with E-state index in [0.717, 1.165) is 29.1 Å². The average molecular weight is 441 g/mol. The standard InChI is InChI=1S/C26H33FN2O3/c1-28(7-6-25-12-17-8-18(13-25)10-19(9-17)14-25)22(30)15-26(16-23(31)29(2)24(26)32)20-4-3-5-21(27)11-20/h3-5,11,17-19H,6-10,12-16H2,1-2H3/t17?,18?,19?,25?,26-/m1/s1. The summed E-state index contributed by atoms with van der Waals surface area (Å²) in [7, 11) is 3.24. The van der Waals surface area contributed by atoms with Crippen molar-refractivity contribution < 1.29 is 18.8 Å². The van der Waals surface area contributed by atoms with Crippen LogP contribution in [0.5, 0.6) is 0 Å². The number of likely N-dealkylation sites (N-methyl/N-ethyl adjacent to an activating group) is 1. The second-order valence-corrected chi connectivity index (χ2v) is 11.2. The molecule has 172 valence electrons. The maximum atomic E-state index is 14.0. The monoisotopic (exact) mass is 440 g/mol. The van der Waals surface area contributed by atoms with Crippen molar-refractivity contribution in [3.63, 3.8) is 0 Å². The van der Waals surface area contributed by atoms with E-state index in [0.29, 0.717) is 17.5 Å². The van der Waals surface area contributed by atoms with Crippen LogP contribution in [0.4, 0.5) is 4.39 Å². The van der Waals surface area contributed by atoms with Gasteiger partial charge in [-0.1, -0.05) is 12.1 Å². The van der Waals surface area contributed by atoms with Crippen LogP contribution in [0.2, 0.25) is 0 Å². The molecule has 0 unspecified atom stereocenters. The molecule has 4 bridgehead atoms. The Morgan fingerprint density at radius 1 is 1.12 bits per heavy atom. The molecule has 1 aromatic carbocycles. The first kappa shape index (κ1) is 21.6. The number of likely N-dealkylation sites (tertiary alicyclic amines) is 1. The number of benzene rings is 1. The zero-order chi connectivity index (χ0) is 22.7. The highest BCUT2D eigenvalue weighted by molar-refractivity contribution is 6.10. The van der Waals surface area contributed by atoms with Crippen LogP contribution in [0.25, 0.3) is 0 Å². The Bertz CT molecular complexity index is 925. The molecule has 0 radical (unpaired) electrons. The minimum atomic E-state index is -1.32. The van der Waals surface area contributed by atoms with Gasteiger partial charge in [0.1, 0.15) is 5.82 Å². The van der Waals surface area contributed by atoms with Gasteiger partial charge < -0.3 is 4.90 Å². The summed E-state index contributed by atoms with van der Waals surface area (Å²) < 4.78 is 14.0. The van der Waals surface area contributed by atoms with Crippen molar-refractivity contribution in [3.8, 4) is 0 Å². The number of carbonyl (C=O) groups excluding carboxylic acids is 3. The van der Waals surface area contributed by atoms with Crippen LogP contribution in [0.3, 0.4) is 0 Å². The first-order chi connectivity index (χ1) is 15.2. The normalized spacial score (nSPS) is 35.6. The highest BCUT2D eigenvalue weighted by Crippen LogP contribution is 2.61. The number of hydrogen-bond acceptors (Lipinski definition) is 3. The molecule has 1 atom stereocenters. The molecule has 1 saturated heterocycles. The predicted octanol–water partition coefficient (Wildman–Crippen LogP) is 3.91. The summed E-state index contributed by atoms with van der Waals surface area (Å²) in [6, 6.07) is 5.77. The summed E-state index contributed by atoms with van der Waals surface area (Å²) in [4.78, 5) is 41.6. The van der Waals surface area contributed by atoms with Crippen LogP contribution in [0, 0.1) is 29.0 Å². The zero-order valence-electron chi connectivity index (χ0n) is 19.1. The molecule has 4 aliphatic carbocycles. The van der Waals surface area contributed by atoms with Crippen molar-refractivity contribution >= 4 is 17.7 Å². The number of halogens is 1. The Hall–Kier alpha value is -2.24. The van der Waals surface area contributed by atoms with E-state index in [1.54, 1.807) is 18.0 Å². The number of nitrogens with zero attached hydrogens (tertiary/aromatic N) is 2. The van der Waals surface area contributed by atoms with Gasteiger partial charge in [-0.05, 0) is 85.8 Å². The Morgan fingerprint density at radius 3 is 2.28 bits per heavy atom. The lowest BCUT2D eigenvalue weighted by Crippen LogP contribution is -2.48. The van der Waals surface area contributed by atoms with Crippen LogP contribution >= 0.6 is 0 Å². The summed E-state index contributed by atoms with van der Waals surface area (Å²) in [5.74, 6) is 1.23. The molecule has 0 spiro atoms. The van der Waals surface area contributed by atoms with Crippen molar-refractivity contribution in [1.29, 1.82) is 0 Å². The minimum absolute atomic E-state index is 0.0969. The Morgan fingerprint density at radius 2 is 1.75 bits per heavy atom. The Balaban J connectivity index is 1.31. The van der Waals surface area contributed by atoms with E-state index in [2.05, 4.69) is 0 Å². The average Bonchev–Trinajstić information content (AvgIpc) is 2.95. The van der Waals surface area contributed by atoms with Crippen LogP contribution in [0.15, 0.2) is 24.3 Å². The van der Waals surface area contributed by atoms with E-state index in [9.17, 15) is 18.8 Å². The lowest BCUT2D eigenvalue weighted by Gasteiger charge is -2.57. The van der Waals surface area contributed by atoms with Crippen LogP contribution in [-0.4, -0.2) is 48.2 Å². The van der Waals surface area contributed by atoms with Gasteiger partial charge in [0.05, 0.1) is 5.41 Å². The van der Waals surface area contributed by atoms with E-state index < -0.39 is 17.1 Å². The molecule has 6 heteroatoms. The summed E-state index contributed by atoms with van der Waals surface area (Å²) in [6.45, 7) is 0.669. The Labute approximate surface area is 189 Å². The highest BCUT2D eigenvalue weighted by Gasteiger charge is 2.53. The number of hydrogen-bond donors (Lipinski definition) is 0. The first-order valence-electron chi connectivity index (χ1n) is 12.0. The van der Waals surface area contributed by atoms with Gasteiger partial charge in [0, 0.05) is 33.5 Å². The molecule has 5 fully saturated rings. The van der Waals surface area contributed by atoms with Crippen LogP contribution < -0.4 is 0 Å². The molecule has 0 aromatic heterocycles. The van der Waals surface area contributed by atoms with Crippen LogP contribution in [0.1, 0.15) is 63.4 Å². The lowest BCUT2D eigenvalue weighted by molar-refractivity contribution is -0.141. The molecule has 0 N–H and O–H groups in total. The number of carbonyl (C=O) groups is 3. The third kappa shape index (κ3) is 3.56. The maximum absolute atomic E-state index is 14.0. The smallest absolute Gasteiger partial charge is 0.240 e. The van der Waals surface area contributed by atoms with Gasteiger partial charge in [-0.3, -0.25) is 19.3 Å². The van der Waals surface area contributed by atoms with Crippen molar-refractivity contribution in [3.05, 3.63) is 35.6 Å². The fourth-order valence-electron chi connectivity index (χ4n) is 7.66. The molecule has 3 amide bonds. The summed E-state index contributed by atoms with van der Waals surface area (Å²) >= 11 is 0. The molecule has 1 aliphatic heterocycles. The first-order valence-corrected chi connectivity index (χ1v) is 12.0. The molecule has 1 aromatic rings. The van der Waals surface area contributed by atoms with Crippen molar-refractivity contribution in [2.45, 2.75) is 63.2 Å². The van der Waals surface area contributed by atoms with Crippen molar-refractivity contribution in [1.82, 2.24) is 9.80 Å². The fourth-order valence-corrected chi connectivity index (χ4v) is 7.66. The molecule has 1 heterocycles. The van der Waals surface area contributed by atoms with Gasteiger partial charge in [0.25, 0.3) is 0 Å². The van der Waals surface area contributed by atoms with Crippen molar-refractivity contribution in [2.75, 3.05) is 20.6 Å². The van der Waals surface area contributed by atoms with E-state index in [1.165, 1.54) is 63.8 Å². The minimum Gasteiger partial charge on any atom is -0.346 e. The molecular formula is C26H33FN2O3. The van der Waals surface area contributed by atoms with Gasteiger partial charge in [0.2, 0.25) is 17.7 Å². The number of imide groups is 1. The third-order valence-corrected chi connectivity index (χ3v) is 8.94. The molecule has 5 aliphatic rings. The largest absolute Gasteiger partial charge is 0.346 e. The molecule has 6 rings (SSSR count). The topological polar surface area (TPSA) is 57.7 Å². The van der Waals surface area contributed by atoms with Gasteiger partial charge in [-0.25, -0.2) is 4.39 Å². The summed E-state index contributed by atoms with van der Waals surface area (Å²) in [5, 5.41) is 0. The van der Waals surface area contributed by atoms with Gasteiger partial charge >= 0.3 is 0 Å². The number of amides is 3. The molecule has 4 saturated carbocycles. The summed E-state index contributed by atoms with van der Waals surface area (Å²) in [5.41, 5.74) is -0.536. The predicted molar refractivity (Wildman–Crippen MR) is 118 cm³/mol. The molecule has 5 nitrogen and oxygen atoms in total. The SMILES string of the molecule is CN(CCC12CC3CC(CC(C3)C1)C2)C(=O)C[C@]1(c2cccc(F)c2)CC(=O)N(C)C1=O. The van der Waals surface area contributed by atoms with Crippen molar-refractivity contribution in [2.24, 2.45) is 23.2 Å². The lowest BCUT2D eigenvalue weighted by atomic mass is 9.49. The van der Waals surface area contributed by atoms with Crippen LogP contribution in [-0.2, 0) is 19.8 Å². The quantitative estimate of drug-likeness (QED) is 0.631. The maximum Gasteiger partial charge on any atom is 0.240 e. The molecular weight excluding hydrogens is 407 g/mol. The summed E-state index contributed by atoms with van der Waals surface area (Å²) in [6.07, 6.45) is 8.89. The third-order valence-electron chi connectivity index (χ3n) is 8.94. The highest BCUT2D eigenvalue weighted by atomic mass is 19.1. The van der Waals surface area contributed by atoms with Gasteiger partial charge in [-0.15, -0.1) is 0 Å².